The number of piperidine rings is 3. The SMILES string of the molecule is [C-]#[N+]c1ccc(N2CCC3(CCN(C(=O)c4ccc(N5CCN(CC6CCN(c7ccc8c(c7)C(=O)N(C7CCC(=O)NC7=O)C8=O)CC6)CC5)cc4)CC3)C2)cc1C. The van der Waals surface area contributed by atoms with Gasteiger partial charge < -0.3 is 19.6 Å². The summed E-state index contributed by atoms with van der Waals surface area (Å²) in [4.78, 5) is 80.5. The predicted molar refractivity (Wildman–Crippen MR) is 225 cm³/mol. The summed E-state index contributed by atoms with van der Waals surface area (Å²) in [6, 6.07) is 18.8. The van der Waals surface area contributed by atoms with Crippen LogP contribution in [-0.2, 0) is 9.59 Å². The summed E-state index contributed by atoms with van der Waals surface area (Å²) in [5, 5.41) is 2.25. The number of hydrogen-bond donors (Lipinski definition) is 1. The first-order valence-corrected chi connectivity index (χ1v) is 21.3. The molecule has 6 heterocycles. The van der Waals surface area contributed by atoms with Crippen LogP contribution in [-0.4, -0.2) is 122 Å². The fraction of sp³-hybridized carbons (Fsp3) is 0.478. The molecule has 6 aliphatic heterocycles. The standard InChI is InChI=1S/C46H52N8O5/c1-31-27-35(8-10-39(31)47-2)53-22-17-46(30-53)15-20-52(21-16-46)43(57)33-3-5-34(6-4-33)51-25-23-49(24-26-51)29-32-13-18-50(19-14-32)36-7-9-37-38(28-36)45(59)54(44(37)58)40-11-12-41(55)48-42(40)56/h3-10,27-28,32,40H,11-26,29-30H2,1H3,(H,48,55,56). The van der Waals surface area contributed by atoms with E-state index in [1.54, 1.807) is 12.1 Å². The maximum absolute atomic E-state index is 13.6. The largest absolute Gasteiger partial charge is 0.371 e. The van der Waals surface area contributed by atoms with E-state index in [1.165, 1.54) is 5.69 Å². The normalized spacial score (nSPS) is 22.6. The lowest BCUT2D eigenvalue weighted by molar-refractivity contribution is -0.136. The highest BCUT2D eigenvalue weighted by molar-refractivity contribution is 6.23. The number of imide groups is 2. The summed E-state index contributed by atoms with van der Waals surface area (Å²) in [6.45, 7) is 19.6. The van der Waals surface area contributed by atoms with Crippen molar-refractivity contribution in [2.45, 2.75) is 57.9 Å². The summed E-state index contributed by atoms with van der Waals surface area (Å²) >= 11 is 0. The first-order valence-electron chi connectivity index (χ1n) is 21.3. The van der Waals surface area contributed by atoms with Crippen LogP contribution in [0.15, 0.2) is 60.7 Å². The van der Waals surface area contributed by atoms with Gasteiger partial charge in [0.05, 0.1) is 17.7 Å². The zero-order valence-corrected chi connectivity index (χ0v) is 33.8. The second kappa shape index (κ2) is 15.8. The number of rotatable bonds is 7. The summed E-state index contributed by atoms with van der Waals surface area (Å²) in [6.07, 6.45) is 5.50. The lowest BCUT2D eigenvalue weighted by atomic mass is 9.77. The van der Waals surface area contributed by atoms with Crippen molar-refractivity contribution in [2.24, 2.45) is 11.3 Å². The van der Waals surface area contributed by atoms with Gasteiger partial charge in [-0.3, -0.25) is 39.1 Å². The Kier molecular flexibility index (Phi) is 10.4. The van der Waals surface area contributed by atoms with Gasteiger partial charge >= 0.3 is 0 Å². The number of likely N-dealkylation sites (tertiary alicyclic amines) is 1. The fourth-order valence-electron chi connectivity index (χ4n) is 10.3. The average molecular weight is 797 g/mol. The molecular weight excluding hydrogens is 745 g/mol. The van der Waals surface area contributed by atoms with Gasteiger partial charge in [0.2, 0.25) is 11.8 Å². The first kappa shape index (κ1) is 38.8. The highest BCUT2D eigenvalue weighted by Gasteiger charge is 2.45. The van der Waals surface area contributed by atoms with Crippen molar-refractivity contribution in [2.75, 3.05) is 86.7 Å². The third kappa shape index (κ3) is 7.55. The number of aryl methyl sites for hydroxylation is 1. The summed E-state index contributed by atoms with van der Waals surface area (Å²) in [5.41, 5.74) is 6.64. The molecule has 1 unspecified atom stereocenters. The van der Waals surface area contributed by atoms with Crippen molar-refractivity contribution in [3.05, 3.63) is 94.3 Å². The highest BCUT2D eigenvalue weighted by atomic mass is 16.2. The van der Waals surface area contributed by atoms with Crippen LogP contribution in [0.3, 0.4) is 0 Å². The number of nitrogens with one attached hydrogen (secondary N) is 1. The number of carbonyl (C=O) groups is 5. The lowest BCUT2D eigenvalue weighted by Gasteiger charge is -2.40. The molecular formula is C46H52N8O5. The van der Waals surface area contributed by atoms with Crippen molar-refractivity contribution in [1.29, 1.82) is 0 Å². The van der Waals surface area contributed by atoms with E-state index in [0.29, 0.717) is 22.7 Å². The zero-order chi connectivity index (χ0) is 40.8. The Balaban J connectivity index is 0.713. The third-order valence-electron chi connectivity index (χ3n) is 14.0. The fourth-order valence-corrected chi connectivity index (χ4v) is 10.3. The Morgan fingerprint density at radius 1 is 0.729 bits per heavy atom. The van der Waals surface area contributed by atoms with E-state index < -0.39 is 23.8 Å². The van der Waals surface area contributed by atoms with Gasteiger partial charge in [-0.05, 0) is 117 Å². The average Bonchev–Trinajstić information content (AvgIpc) is 3.78. The van der Waals surface area contributed by atoms with Crippen LogP contribution in [0, 0.1) is 24.8 Å². The van der Waals surface area contributed by atoms with Crippen molar-refractivity contribution < 1.29 is 24.0 Å². The molecule has 3 aromatic carbocycles. The minimum Gasteiger partial charge on any atom is -0.371 e. The molecule has 5 saturated heterocycles. The third-order valence-corrected chi connectivity index (χ3v) is 14.0. The molecule has 3 aromatic rings. The van der Waals surface area contributed by atoms with Crippen molar-refractivity contribution in [3.63, 3.8) is 0 Å². The number of piperazine rings is 1. The summed E-state index contributed by atoms with van der Waals surface area (Å²) in [5.74, 6) is -1.23. The molecule has 0 aliphatic carbocycles. The van der Waals surface area contributed by atoms with Crippen LogP contribution >= 0.6 is 0 Å². The maximum atomic E-state index is 13.6. The molecule has 1 spiro atoms. The van der Waals surface area contributed by atoms with E-state index in [-0.39, 0.29) is 30.1 Å². The Bertz CT molecular complexity index is 2210. The minimum absolute atomic E-state index is 0.0995. The van der Waals surface area contributed by atoms with Crippen LogP contribution in [0.25, 0.3) is 4.85 Å². The molecule has 0 saturated carbocycles. The number of carbonyl (C=O) groups excluding carboxylic acids is 5. The van der Waals surface area contributed by atoms with Gasteiger partial charge in [-0.15, -0.1) is 0 Å². The Labute approximate surface area is 345 Å². The van der Waals surface area contributed by atoms with Gasteiger partial charge in [-0.1, -0.05) is 6.07 Å². The van der Waals surface area contributed by atoms with E-state index in [9.17, 15) is 24.0 Å². The van der Waals surface area contributed by atoms with Crippen LogP contribution in [0.2, 0.25) is 0 Å². The second-order valence-corrected chi connectivity index (χ2v) is 17.5. The molecule has 0 radical (unpaired) electrons. The topological polar surface area (TPSA) is 121 Å². The van der Waals surface area contributed by atoms with E-state index in [1.807, 2.05) is 36.1 Å². The van der Waals surface area contributed by atoms with Gasteiger partial charge in [0, 0.05) is 101 Å². The molecule has 59 heavy (non-hydrogen) atoms. The zero-order valence-electron chi connectivity index (χ0n) is 33.8. The number of hydrogen-bond acceptors (Lipinski definition) is 9. The number of benzene rings is 3. The summed E-state index contributed by atoms with van der Waals surface area (Å²) < 4.78 is 0. The molecule has 13 heteroatoms. The maximum Gasteiger partial charge on any atom is 0.262 e. The molecule has 1 N–H and O–H groups in total. The molecule has 5 fully saturated rings. The lowest BCUT2D eigenvalue weighted by Crippen LogP contribution is -2.54. The molecule has 13 nitrogen and oxygen atoms in total. The van der Waals surface area contributed by atoms with Crippen LogP contribution in [0.4, 0.5) is 22.7 Å². The minimum atomic E-state index is -0.963. The molecule has 0 bridgehead atoms. The van der Waals surface area contributed by atoms with Crippen molar-refractivity contribution in [3.8, 4) is 0 Å². The van der Waals surface area contributed by atoms with Crippen LogP contribution in [0.5, 0.6) is 0 Å². The molecule has 0 aromatic heterocycles. The molecule has 5 amide bonds. The van der Waals surface area contributed by atoms with Crippen molar-refractivity contribution in [1.82, 2.24) is 20.0 Å². The van der Waals surface area contributed by atoms with Gasteiger partial charge in [0.25, 0.3) is 17.7 Å². The monoisotopic (exact) mass is 796 g/mol. The van der Waals surface area contributed by atoms with Crippen molar-refractivity contribution >= 4 is 52.3 Å². The van der Waals surface area contributed by atoms with Crippen LogP contribution < -0.4 is 20.0 Å². The smallest absolute Gasteiger partial charge is 0.262 e. The van der Waals surface area contributed by atoms with Gasteiger partial charge in [-0.25, -0.2) is 4.85 Å². The summed E-state index contributed by atoms with van der Waals surface area (Å²) in [7, 11) is 0. The first-order chi connectivity index (χ1) is 28.6. The molecule has 1 atom stereocenters. The van der Waals surface area contributed by atoms with Crippen LogP contribution in [0.1, 0.15) is 81.6 Å². The molecule has 9 rings (SSSR count). The number of anilines is 3. The highest BCUT2D eigenvalue weighted by Crippen LogP contribution is 2.43. The molecule has 6 aliphatic rings. The van der Waals surface area contributed by atoms with Gasteiger partial charge in [0.1, 0.15) is 6.04 Å². The Hall–Kier alpha value is -5.74. The number of fused-ring (bicyclic) bond motifs is 1. The van der Waals surface area contributed by atoms with E-state index in [2.05, 4.69) is 54.0 Å². The quantitative estimate of drug-likeness (QED) is 0.257. The molecule has 306 valence electrons. The Morgan fingerprint density at radius 3 is 2.07 bits per heavy atom. The number of nitrogens with zero attached hydrogens (tertiary/aromatic N) is 7. The van der Waals surface area contributed by atoms with Gasteiger partial charge in [0.15, 0.2) is 5.69 Å². The van der Waals surface area contributed by atoms with E-state index >= 15 is 0 Å². The van der Waals surface area contributed by atoms with E-state index in [4.69, 9.17) is 6.57 Å². The predicted octanol–water partition coefficient (Wildman–Crippen LogP) is 5.12. The van der Waals surface area contributed by atoms with E-state index in [0.717, 1.165) is 131 Å². The second-order valence-electron chi connectivity index (χ2n) is 17.5. The number of amides is 5. The Morgan fingerprint density at radius 2 is 1.37 bits per heavy atom. The van der Waals surface area contributed by atoms with Gasteiger partial charge in [-0.2, -0.15) is 0 Å².